The Balaban J connectivity index is 1.68. The number of aliphatic carboxylic acids is 1. The zero-order valence-electron chi connectivity index (χ0n) is 18.7. The van der Waals surface area contributed by atoms with E-state index >= 15 is 0 Å². The summed E-state index contributed by atoms with van der Waals surface area (Å²) in [5.41, 5.74) is 6.91. The van der Waals surface area contributed by atoms with E-state index in [1.54, 1.807) is 24.3 Å². The maximum absolute atomic E-state index is 13.6. The summed E-state index contributed by atoms with van der Waals surface area (Å²) in [7, 11) is 0. The zero-order chi connectivity index (χ0) is 24.1. The van der Waals surface area contributed by atoms with Crippen molar-refractivity contribution in [3.63, 3.8) is 0 Å². The molecule has 0 aliphatic carbocycles. The van der Waals surface area contributed by atoms with E-state index in [0.29, 0.717) is 36.8 Å². The number of carboxylic acids is 1. The maximum atomic E-state index is 13.6. The van der Waals surface area contributed by atoms with Gasteiger partial charge in [-0.2, -0.15) is 0 Å². The molecular weight excluding hydrogens is 434 g/mol. The van der Waals surface area contributed by atoms with Crippen LogP contribution in [0.5, 0.6) is 0 Å². The summed E-state index contributed by atoms with van der Waals surface area (Å²) in [5, 5.41) is 11.6. The van der Waals surface area contributed by atoms with Crippen molar-refractivity contribution in [2.24, 2.45) is 5.73 Å². The molecule has 0 radical (unpaired) electrons. The van der Waals surface area contributed by atoms with Gasteiger partial charge in [-0.25, -0.2) is 9.59 Å². The minimum absolute atomic E-state index is 0.131. The lowest BCUT2D eigenvalue weighted by Gasteiger charge is -2.29. The molecule has 8 nitrogen and oxygen atoms in total. The first-order valence-electron chi connectivity index (χ1n) is 11.3. The molecule has 2 aromatic heterocycles. The van der Waals surface area contributed by atoms with Crippen LogP contribution in [0.15, 0.2) is 70.0 Å². The number of carboxylic acid groups (broad SMARTS) is 1. The molecule has 0 fully saturated rings. The van der Waals surface area contributed by atoms with Gasteiger partial charge in [-0.15, -0.1) is 0 Å². The van der Waals surface area contributed by atoms with E-state index in [-0.39, 0.29) is 18.5 Å². The van der Waals surface area contributed by atoms with Crippen molar-refractivity contribution >= 4 is 33.7 Å². The second-order valence-electron chi connectivity index (χ2n) is 8.23. The van der Waals surface area contributed by atoms with Gasteiger partial charge < -0.3 is 25.1 Å². The van der Waals surface area contributed by atoms with E-state index < -0.39 is 23.5 Å². The molecule has 0 aliphatic rings. The Kier molecular flexibility index (Phi) is 7.08. The van der Waals surface area contributed by atoms with E-state index in [4.69, 9.17) is 10.2 Å². The molecule has 4 rings (SSSR count). The average Bonchev–Trinajstić information content (AvgIpc) is 3.25. The molecule has 0 spiro atoms. The summed E-state index contributed by atoms with van der Waals surface area (Å²) >= 11 is 0. The number of nitrogens with zero attached hydrogens (tertiary/aromatic N) is 1. The fourth-order valence-corrected chi connectivity index (χ4v) is 4.24. The monoisotopic (exact) mass is 461 g/mol. The number of nitrogens with one attached hydrogen (secondary N) is 1. The van der Waals surface area contributed by atoms with Gasteiger partial charge in [0.25, 0.3) is 5.91 Å². The lowest BCUT2D eigenvalue weighted by molar-refractivity contribution is -0.142. The van der Waals surface area contributed by atoms with Gasteiger partial charge in [0.2, 0.25) is 0 Å². The highest BCUT2D eigenvalue weighted by atomic mass is 16.4. The summed E-state index contributed by atoms with van der Waals surface area (Å²) in [6, 6.07) is 15.1. The van der Waals surface area contributed by atoms with Crippen LogP contribution in [0.4, 0.5) is 0 Å². The number of fused-ring (bicyclic) bond motifs is 2. The van der Waals surface area contributed by atoms with Crippen molar-refractivity contribution in [3.8, 4) is 0 Å². The van der Waals surface area contributed by atoms with Gasteiger partial charge in [0, 0.05) is 29.0 Å². The standard InChI is InChI=1S/C26H27N3O5/c27-13-6-5-10-22(25(31)32)29(14-12-18-16-28-21-9-3-2-8-19(18)21)24(30)20-15-17-7-1-4-11-23(17)34-26(20)33/h1-4,7-9,11,15-16,22,28H,5-6,10,12-14,27H2,(H,31,32)/t22-/m0/s1. The predicted octanol–water partition coefficient (Wildman–Crippen LogP) is 3.54. The molecule has 0 unspecified atom stereocenters. The van der Waals surface area contributed by atoms with Crippen LogP contribution in [0, 0.1) is 0 Å². The number of aromatic amines is 1. The molecule has 2 aromatic carbocycles. The van der Waals surface area contributed by atoms with Crippen LogP contribution in [-0.4, -0.2) is 46.0 Å². The number of rotatable bonds is 10. The average molecular weight is 462 g/mol. The number of nitrogens with two attached hydrogens (primary N) is 1. The molecule has 4 N–H and O–H groups in total. The van der Waals surface area contributed by atoms with Crippen molar-refractivity contribution < 1.29 is 19.1 Å². The molecule has 0 bridgehead atoms. The lowest BCUT2D eigenvalue weighted by Crippen LogP contribution is -2.47. The molecule has 176 valence electrons. The highest BCUT2D eigenvalue weighted by Gasteiger charge is 2.31. The van der Waals surface area contributed by atoms with Crippen molar-refractivity contribution in [2.75, 3.05) is 13.1 Å². The van der Waals surface area contributed by atoms with Gasteiger partial charge in [0.05, 0.1) is 0 Å². The number of amides is 1. The second-order valence-corrected chi connectivity index (χ2v) is 8.23. The van der Waals surface area contributed by atoms with Crippen LogP contribution in [-0.2, 0) is 11.2 Å². The van der Waals surface area contributed by atoms with Crippen LogP contribution in [0.1, 0.15) is 35.2 Å². The minimum atomic E-state index is -1.12. The molecular formula is C26H27N3O5. The van der Waals surface area contributed by atoms with Gasteiger partial charge in [-0.3, -0.25) is 4.79 Å². The van der Waals surface area contributed by atoms with Crippen LogP contribution in [0.25, 0.3) is 21.9 Å². The minimum Gasteiger partial charge on any atom is -0.480 e. The predicted molar refractivity (Wildman–Crippen MR) is 130 cm³/mol. The van der Waals surface area contributed by atoms with E-state index in [1.807, 2.05) is 30.5 Å². The summed E-state index contributed by atoms with van der Waals surface area (Å²) in [5.74, 6) is -1.77. The van der Waals surface area contributed by atoms with Crippen LogP contribution in [0.3, 0.4) is 0 Å². The molecule has 8 heteroatoms. The molecule has 0 aliphatic heterocycles. The van der Waals surface area contributed by atoms with Gasteiger partial charge in [-0.1, -0.05) is 36.4 Å². The zero-order valence-corrected chi connectivity index (χ0v) is 18.7. The molecule has 2 heterocycles. The number of hydrogen-bond donors (Lipinski definition) is 3. The number of unbranched alkanes of at least 4 members (excludes halogenated alkanes) is 1. The Morgan fingerprint density at radius 3 is 2.65 bits per heavy atom. The Bertz CT molecular complexity index is 1370. The summed E-state index contributed by atoms with van der Waals surface area (Å²) in [4.78, 5) is 42.9. The number of hydrogen-bond acceptors (Lipinski definition) is 5. The number of para-hydroxylation sites is 2. The molecule has 0 saturated heterocycles. The number of benzene rings is 2. The van der Waals surface area contributed by atoms with Crippen molar-refractivity contribution in [1.82, 2.24) is 9.88 Å². The smallest absolute Gasteiger partial charge is 0.349 e. The molecule has 0 saturated carbocycles. The van der Waals surface area contributed by atoms with Crippen molar-refractivity contribution in [1.29, 1.82) is 0 Å². The van der Waals surface area contributed by atoms with Crippen molar-refractivity contribution in [3.05, 3.63) is 82.3 Å². The maximum Gasteiger partial charge on any atom is 0.349 e. The van der Waals surface area contributed by atoms with Gasteiger partial charge >= 0.3 is 11.6 Å². The number of aromatic nitrogens is 1. The Morgan fingerprint density at radius 1 is 1.09 bits per heavy atom. The largest absolute Gasteiger partial charge is 0.480 e. The van der Waals surface area contributed by atoms with Crippen LogP contribution < -0.4 is 11.4 Å². The SMILES string of the molecule is NCCCC[C@@H](C(=O)O)N(CCc1c[nH]c2ccccc12)C(=O)c1cc2ccccc2oc1=O. The lowest BCUT2D eigenvalue weighted by atomic mass is 10.0. The first-order valence-corrected chi connectivity index (χ1v) is 11.3. The third-order valence-corrected chi connectivity index (χ3v) is 6.02. The first-order chi connectivity index (χ1) is 16.5. The Morgan fingerprint density at radius 2 is 1.85 bits per heavy atom. The van der Waals surface area contributed by atoms with E-state index in [9.17, 15) is 19.5 Å². The third-order valence-electron chi connectivity index (χ3n) is 6.02. The second kappa shape index (κ2) is 10.4. The van der Waals surface area contributed by atoms with E-state index in [1.165, 1.54) is 11.0 Å². The first kappa shape index (κ1) is 23.3. The fourth-order valence-electron chi connectivity index (χ4n) is 4.24. The normalized spacial score (nSPS) is 12.1. The van der Waals surface area contributed by atoms with Gasteiger partial charge in [0.15, 0.2) is 0 Å². The Labute approximate surface area is 196 Å². The highest BCUT2D eigenvalue weighted by molar-refractivity contribution is 5.98. The summed E-state index contributed by atoms with van der Waals surface area (Å²) in [6.45, 7) is 0.566. The van der Waals surface area contributed by atoms with Crippen LogP contribution in [0.2, 0.25) is 0 Å². The molecule has 4 aromatic rings. The molecule has 34 heavy (non-hydrogen) atoms. The van der Waals surface area contributed by atoms with Crippen LogP contribution >= 0.6 is 0 Å². The van der Waals surface area contributed by atoms with E-state index in [0.717, 1.165) is 16.5 Å². The van der Waals surface area contributed by atoms with Gasteiger partial charge in [-0.05, 0) is 56.0 Å². The summed E-state index contributed by atoms with van der Waals surface area (Å²) in [6.07, 6.45) is 3.73. The van der Waals surface area contributed by atoms with Gasteiger partial charge in [0.1, 0.15) is 17.2 Å². The number of carbonyl (C=O) groups excluding carboxylic acids is 1. The third kappa shape index (κ3) is 4.87. The molecule has 1 atom stereocenters. The quantitative estimate of drug-likeness (QED) is 0.245. The fraction of sp³-hybridized carbons (Fsp3) is 0.269. The highest BCUT2D eigenvalue weighted by Crippen LogP contribution is 2.21. The molecule has 1 amide bonds. The number of H-pyrrole nitrogens is 1. The van der Waals surface area contributed by atoms with E-state index in [2.05, 4.69) is 4.98 Å². The summed E-state index contributed by atoms with van der Waals surface area (Å²) < 4.78 is 5.34. The topological polar surface area (TPSA) is 130 Å². The number of carbonyl (C=O) groups is 2. The Hall–Kier alpha value is -3.91. The van der Waals surface area contributed by atoms with Crippen molar-refractivity contribution in [2.45, 2.75) is 31.7 Å².